The number of allylic oxidation sites excluding steroid dienone is 4. The molecule has 0 radical (unpaired) electrons. The Hall–Kier alpha value is -3.21. The predicted octanol–water partition coefficient (Wildman–Crippen LogP) is 10.5. The van der Waals surface area contributed by atoms with Crippen molar-refractivity contribution in [3.63, 3.8) is 0 Å². The lowest BCUT2D eigenvalue weighted by Crippen LogP contribution is -2.27. The van der Waals surface area contributed by atoms with E-state index in [0.717, 1.165) is 38.5 Å². The number of fused-ring (bicyclic) bond motifs is 6. The Morgan fingerprint density at radius 3 is 1.80 bits per heavy atom. The molecule has 4 aromatic carbocycles. The van der Waals surface area contributed by atoms with Crippen LogP contribution in [0.1, 0.15) is 88.5 Å². The van der Waals surface area contributed by atoms with Crippen LogP contribution >= 0.6 is 7.92 Å². The molecule has 0 spiro atoms. The lowest BCUT2D eigenvalue weighted by Gasteiger charge is -2.33. The summed E-state index contributed by atoms with van der Waals surface area (Å²) in [6.07, 6.45) is 14.1. The molecule has 0 fully saturated rings. The smallest absolute Gasteiger partial charge is 0.0210 e. The second kappa shape index (κ2) is 10.3. The minimum absolute atomic E-state index is 0.0478. The fourth-order valence-corrected chi connectivity index (χ4v) is 10.8. The zero-order chi connectivity index (χ0) is 28.2. The first kappa shape index (κ1) is 26.7. The fraction of sp³-hybridized carbons (Fsp3) is 0.300. The maximum absolute atomic E-state index is 2.66. The van der Waals surface area contributed by atoms with E-state index in [1.54, 1.807) is 16.7 Å². The van der Waals surface area contributed by atoms with Gasteiger partial charge in [0.25, 0.3) is 0 Å². The molecule has 0 N–H and O–H groups in total. The number of hydrogen-bond donors (Lipinski definition) is 0. The fourth-order valence-electron chi connectivity index (χ4n) is 8.38. The molecule has 0 aliphatic heterocycles. The minimum Gasteiger partial charge on any atom is -0.0836 e. The summed E-state index contributed by atoms with van der Waals surface area (Å²) in [4.78, 5) is 0. The molecule has 4 aromatic rings. The zero-order valence-corrected chi connectivity index (χ0v) is 25.9. The van der Waals surface area contributed by atoms with Crippen molar-refractivity contribution in [1.29, 1.82) is 0 Å². The van der Waals surface area contributed by atoms with Crippen molar-refractivity contribution in [3.05, 3.63) is 131 Å². The molecular formula is C40H41P. The van der Waals surface area contributed by atoms with Crippen molar-refractivity contribution in [2.75, 3.05) is 0 Å². The first-order valence-corrected chi connectivity index (χ1v) is 17.1. The van der Waals surface area contributed by atoms with E-state index in [-0.39, 0.29) is 10.8 Å². The molecule has 7 rings (SSSR count). The van der Waals surface area contributed by atoms with E-state index in [1.807, 2.05) is 0 Å². The van der Waals surface area contributed by atoms with Crippen molar-refractivity contribution >= 4 is 18.5 Å². The van der Waals surface area contributed by atoms with Crippen LogP contribution in [0, 0.1) is 0 Å². The highest BCUT2D eigenvalue weighted by Gasteiger charge is 2.46. The summed E-state index contributed by atoms with van der Waals surface area (Å²) in [5, 5.41) is 4.43. The molecular weight excluding hydrogens is 511 g/mol. The van der Waals surface area contributed by atoms with Crippen molar-refractivity contribution in [1.82, 2.24) is 0 Å². The van der Waals surface area contributed by atoms with E-state index in [1.165, 1.54) is 43.7 Å². The van der Waals surface area contributed by atoms with Crippen LogP contribution in [0.2, 0.25) is 0 Å². The van der Waals surface area contributed by atoms with Crippen LogP contribution in [0.25, 0.3) is 22.3 Å². The normalized spacial score (nSPS) is 17.8. The first-order valence-electron chi connectivity index (χ1n) is 15.8. The molecule has 0 bridgehead atoms. The van der Waals surface area contributed by atoms with Gasteiger partial charge in [-0.2, -0.15) is 0 Å². The highest BCUT2D eigenvalue weighted by atomic mass is 31.1. The number of benzene rings is 4. The summed E-state index contributed by atoms with van der Waals surface area (Å²) in [5.74, 6) is 0. The summed E-state index contributed by atoms with van der Waals surface area (Å²) < 4.78 is 0. The third-order valence-corrected chi connectivity index (χ3v) is 13.1. The SMILES string of the molecule is CCC1(CC)c2ccccc2-c2cc3c(cc21)C(CC)(CC)c1cc(P(C2=CCCC=C2)c2ccccc2)ccc1-3. The van der Waals surface area contributed by atoms with Crippen molar-refractivity contribution in [2.24, 2.45) is 0 Å². The van der Waals surface area contributed by atoms with E-state index >= 15 is 0 Å². The maximum Gasteiger partial charge on any atom is 0.0210 e. The molecule has 0 saturated carbocycles. The molecule has 1 atom stereocenters. The molecule has 0 nitrogen and oxygen atoms in total. The Morgan fingerprint density at radius 2 is 1.15 bits per heavy atom. The van der Waals surface area contributed by atoms with Gasteiger partial charge in [0.1, 0.15) is 0 Å². The summed E-state index contributed by atoms with van der Waals surface area (Å²) in [6.45, 7) is 9.60. The topological polar surface area (TPSA) is 0 Å². The highest BCUT2D eigenvalue weighted by molar-refractivity contribution is 7.77. The molecule has 0 saturated heterocycles. The second-order valence-electron chi connectivity index (χ2n) is 12.1. The van der Waals surface area contributed by atoms with Crippen LogP contribution in [-0.2, 0) is 10.8 Å². The molecule has 3 aliphatic carbocycles. The van der Waals surface area contributed by atoms with Gasteiger partial charge in [-0.1, -0.05) is 119 Å². The number of rotatable bonds is 7. The predicted molar refractivity (Wildman–Crippen MR) is 179 cm³/mol. The van der Waals surface area contributed by atoms with Crippen LogP contribution in [0.15, 0.2) is 108 Å². The van der Waals surface area contributed by atoms with Gasteiger partial charge in [0.05, 0.1) is 0 Å². The van der Waals surface area contributed by atoms with Gasteiger partial charge < -0.3 is 0 Å². The van der Waals surface area contributed by atoms with Gasteiger partial charge in [0.2, 0.25) is 0 Å². The molecule has 1 unspecified atom stereocenters. The Kier molecular flexibility index (Phi) is 6.67. The van der Waals surface area contributed by atoms with Gasteiger partial charge >= 0.3 is 0 Å². The quantitative estimate of drug-likeness (QED) is 0.200. The van der Waals surface area contributed by atoms with Gasteiger partial charge in [-0.05, 0) is 119 Å². The van der Waals surface area contributed by atoms with E-state index in [0.29, 0.717) is 0 Å². The van der Waals surface area contributed by atoms with Crippen LogP contribution in [0.3, 0.4) is 0 Å². The Labute approximate surface area is 248 Å². The van der Waals surface area contributed by atoms with E-state index in [4.69, 9.17) is 0 Å². The van der Waals surface area contributed by atoms with Crippen LogP contribution in [0.5, 0.6) is 0 Å². The third kappa shape index (κ3) is 3.76. The Bertz CT molecular complexity index is 1680. The summed E-state index contributed by atoms with van der Waals surface area (Å²) in [5.41, 5.74) is 12.2. The first-order chi connectivity index (χ1) is 20.1. The molecule has 1 heteroatoms. The van der Waals surface area contributed by atoms with Crippen molar-refractivity contribution in [3.8, 4) is 22.3 Å². The lowest BCUT2D eigenvalue weighted by atomic mass is 9.70. The average molecular weight is 553 g/mol. The van der Waals surface area contributed by atoms with Crippen LogP contribution in [0.4, 0.5) is 0 Å². The summed E-state index contributed by atoms with van der Waals surface area (Å²) in [6, 6.07) is 33.2. The number of hydrogen-bond acceptors (Lipinski definition) is 0. The minimum atomic E-state index is -0.589. The van der Waals surface area contributed by atoms with Crippen LogP contribution < -0.4 is 10.6 Å². The van der Waals surface area contributed by atoms with Gasteiger partial charge in [-0.15, -0.1) is 0 Å². The molecule has 3 aliphatic rings. The lowest BCUT2D eigenvalue weighted by molar-refractivity contribution is 0.476. The van der Waals surface area contributed by atoms with Crippen LogP contribution in [-0.4, -0.2) is 0 Å². The van der Waals surface area contributed by atoms with Gasteiger partial charge in [0.15, 0.2) is 0 Å². The van der Waals surface area contributed by atoms with E-state index in [9.17, 15) is 0 Å². The summed E-state index contributed by atoms with van der Waals surface area (Å²) >= 11 is 0. The van der Waals surface area contributed by atoms with Gasteiger partial charge in [0, 0.05) is 10.8 Å². The van der Waals surface area contributed by atoms with Crippen molar-refractivity contribution in [2.45, 2.75) is 77.0 Å². The molecule has 0 amide bonds. The molecule has 206 valence electrons. The Morgan fingerprint density at radius 1 is 0.537 bits per heavy atom. The molecule has 0 heterocycles. The van der Waals surface area contributed by atoms with Gasteiger partial charge in [-0.3, -0.25) is 0 Å². The van der Waals surface area contributed by atoms with E-state index < -0.39 is 7.92 Å². The van der Waals surface area contributed by atoms with Gasteiger partial charge in [-0.25, -0.2) is 0 Å². The molecule has 41 heavy (non-hydrogen) atoms. The van der Waals surface area contributed by atoms with Crippen molar-refractivity contribution < 1.29 is 0 Å². The zero-order valence-electron chi connectivity index (χ0n) is 25.0. The third-order valence-electron chi connectivity index (χ3n) is 10.7. The molecule has 0 aromatic heterocycles. The maximum atomic E-state index is 2.66. The van der Waals surface area contributed by atoms with E-state index in [2.05, 4.69) is 131 Å². The standard InChI is InChI=1S/C40H41P/c1-5-39(6-2)35-22-16-15-21-31(35)33-26-34-32-24-23-30(25-36(32)40(7-3,8-4)38(34)27-37(33)39)41(28-17-11-9-12-18-28)29-19-13-10-14-20-29/h9,11-13,15-27H,5-8,10,14H2,1-4H3. The summed E-state index contributed by atoms with van der Waals surface area (Å²) in [7, 11) is -0.589. The largest absolute Gasteiger partial charge is 0.0836 e. The second-order valence-corrected chi connectivity index (χ2v) is 14.3. The average Bonchev–Trinajstić information content (AvgIpc) is 3.47. The monoisotopic (exact) mass is 552 g/mol. The highest BCUT2D eigenvalue weighted by Crippen LogP contribution is 2.60. The Balaban J connectivity index is 1.45.